The van der Waals surface area contributed by atoms with Crippen molar-refractivity contribution in [3.8, 4) is 22.6 Å². The summed E-state index contributed by atoms with van der Waals surface area (Å²) in [5.74, 6) is 0.00302. The third kappa shape index (κ3) is 8.13. The van der Waals surface area contributed by atoms with E-state index in [2.05, 4.69) is 34.0 Å². The number of methoxy groups -OCH3 is 1. The zero-order chi connectivity index (χ0) is 31.4. The highest BCUT2D eigenvalue weighted by Gasteiger charge is 2.35. The highest BCUT2D eigenvalue weighted by molar-refractivity contribution is 5.86. The molecule has 2 N–H and O–H groups in total. The van der Waals surface area contributed by atoms with Gasteiger partial charge in [-0.1, -0.05) is 13.8 Å². The quantitative estimate of drug-likeness (QED) is 0.236. The number of carboxylic acids is 1. The number of aryl methyl sites for hydroxylation is 1. The molecular weight excluding hydrogens is 551 g/mol. The van der Waals surface area contributed by atoms with Crippen LogP contribution in [0.2, 0.25) is 0 Å². The van der Waals surface area contributed by atoms with Gasteiger partial charge >= 0.3 is 5.97 Å². The smallest absolute Gasteiger partial charge is 0.337 e. The molecule has 3 aromatic rings. The number of pyridine rings is 2. The third-order valence-corrected chi connectivity index (χ3v) is 7.54. The Labute approximate surface area is 253 Å². The van der Waals surface area contributed by atoms with Gasteiger partial charge in [-0.25, -0.2) is 14.2 Å². The van der Waals surface area contributed by atoms with Crippen molar-refractivity contribution in [3.63, 3.8) is 0 Å². The Morgan fingerprint density at radius 3 is 2.44 bits per heavy atom. The molecule has 1 saturated heterocycles. The minimum absolute atomic E-state index is 0.216. The molecule has 3 heterocycles. The first-order valence-corrected chi connectivity index (χ1v) is 14.6. The summed E-state index contributed by atoms with van der Waals surface area (Å²) in [5, 5.41) is 13.5. The summed E-state index contributed by atoms with van der Waals surface area (Å²) in [6, 6.07) is 7.96. The molecule has 0 unspecified atom stereocenters. The number of hydrogen-bond donors (Lipinski definition) is 2. The second-order valence-electron chi connectivity index (χ2n) is 12.6. The first-order chi connectivity index (χ1) is 20.3. The molecule has 9 nitrogen and oxygen atoms in total. The second kappa shape index (κ2) is 13.2. The lowest BCUT2D eigenvalue weighted by atomic mass is 9.82. The lowest BCUT2D eigenvalue weighted by molar-refractivity contribution is -0.160. The van der Waals surface area contributed by atoms with E-state index in [1.807, 2.05) is 39.8 Å². The molecule has 1 aliphatic heterocycles. The summed E-state index contributed by atoms with van der Waals surface area (Å²) in [5.41, 5.74) is 3.23. The van der Waals surface area contributed by atoms with Crippen LogP contribution in [0.4, 0.5) is 15.9 Å². The fourth-order valence-electron chi connectivity index (χ4n) is 5.15. The van der Waals surface area contributed by atoms with Gasteiger partial charge in [-0.05, 0) is 70.2 Å². The van der Waals surface area contributed by atoms with Gasteiger partial charge in [0.05, 0.1) is 24.9 Å². The van der Waals surface area contributed by atoms with Gasteiger partial charge in [-0.15, -0.1) is 0 Å². The zero-order valence-corrected chi connectivity index (χ0v) is 26.2. The number of carbonyl (C=O) groups is 1. The number of aliphatic carboxylic acids is 1. The van der Waals surface area contributed by atoms with E-state index in [9.17, 15) is 14.3 Å². The van der Waals surface area contributed by atoms with Crippen LogP contribution in [0, 0.1) is 18.2 Å². The van der Waals surface area contributed by atoms with Crippen molar-refractivity contribution < 1.29 is 28.5 Å². The molecule has 0 aliphatic carbocycles. The van der Waals surface area contributed by atoms with E-state index in [-0.39, 0.29) is 5.41 Å². The predicted molar refractivity (Wildman–Crippen MR) is 166 cm³/mol. The maximum Gasteiger partial charge on any atom is 0.337 e. The summed E-state index contributed by atoms with van der Waals surface area (Å²) in [7, 11) is 1.47. The predicted octanol–water partition coefficient (Wildman–Crippen LogP) is 6.66. The van der Waals surface area contributed by atoms with Crippen LogP contribution in [-0.2, 0) is 9.53 Å². The SMILES string of the molecule is COc1cc(F)ccc1OCCNc1ccc(-c2cnc(C)c([C@H](OC(C)(C)C)C(=O)O)c2N2CCC(C)(C)CC2)cn1. The fraction of sp³-hybridized carbons (Fsp3) is 0.485. The Hall–Kier alpha value is -3.92. The molecule has 1 atom stereocenters. The number of halogens is 1. The van der Waals surface area contributed by atoms with Gasteiger partial charge in [0.15, 0.2) is 17.6 Å². The van der Waals surface area contributed by atoms with Crippen LogP contribution in [0.15, 0.2) is 42.7 Å². The molecule has 0 saturated carbocycles. The van der Waals surface area contributed by atoms with E-state index in [1.165, 1.54) is 25.3 Å². The second-order valence-corrected chi connectivity index (χ2v) is 12.6. The van der Waals surface area contributed by atoms with Gasteiger partial charge in [0, 0.05) is 53.9 Å². The molecule has 1 aromatic carbocycles. The van der Waals surface area contributed by atoms with E-state index in [4.69, 9.17) is 14.2 Å². The van der Waals surface area contributed by atoms with Crippen LogP contribution < -0.4 is 19.7 Å². The van der Waals surface area contributed by atoms with Crippen LogP contribution in [0.3, 0.4) is 0 Å². The van der Waals surface area contributed by atoms with Crippen LogP contribution in [0.25, 0.3) is 11.1 Å². The Bertz CT molecular complexity index is 1410. The zero-order valence-electron chi connectivity index (χ0n) is 26.2. The molecule has 2 aromatic heterocycles. The Morgan fingerprint density at radius 2 is 1.84 bits per heavy atom. The van der Waals surface area contributed by atoms with Crippen LogP contribution in [0.5, 0.6) is 11.5 Å². The van der Waals surface area contributed by atoms with Crippen molar-refractivity contribution in [2.75, 3.05) is 43.6 Å². The van der Waals surface area contributed by atoms with Crippen molar-refractivity contribution in [3.05, 3.63) is 59.8 Å². The largest absolute Gasteiger partial charge is 0.493 e. The summed E-state index contributed by atoms with van der Waals surface area (Å²) < 4.78 is 30.5. The van der Waals surface area contributed by atoms with Crippen LogP contribution in [0.1, 0.15) is 64.8 Å². The molecule has 0 bridgehead atoms. The average Bonchev–Trinajstić information content (AvgIpc) is 2.94. The maximum atomic E-state index is 13.4. The summed E-state index contributed by atoms with van der Waals surface area (Å²) >= 11 is 0. The van der Waals surface area contributed by atoms with Gasteiger partial charge in [-0.2, -0.15) is 0 Å². The number of carboxylic acid groups (broad SMARTS) is 1. The number of hydrogen-bond acceptors (Lipinski definition) is 8. The molecule has 0 radical (unpaired) electrons. The standard InChI is InChI=1S/C33H43FN4O5/c1-21-28(30(31(39)40)43-32(2,3)4)29(38-15-12-33(5,6)13-16-38)24(20-36-21)22-8-11-27(37-19-22)35-14-17-42-25-10-9-23(34)18-26(25)41-7/h8-11,18-20,30H,12-17H2,1-7H3,(H,35,37)(H,39,40)/t30-/m0/s1. The van der Waals surface area contributed by atoms with Crippen molar-refractivity contribution in [1.82, 2.24) is 9.97 Å². The van der Waals surface area contributed by atoms with Crippen molar-refractivity contribution >= 4 is 17.5 Å². The average molecular weight is 595 g/mol. The number of anilines is 2. The normalized spacial score (nSPS) is 15.6. The minimum atomic E-state index is -1.17. The monoisotopic (exact) mass is 594 g/mol. The Kier molecular flexibility index (Phi) is 9.79. The first-order valence-electron chi connectivity index (χ1n) is 14.6. The number of nitrogens with zero attached hydrogens (tertiary/aromatic N) is 3. The number of nitrogens with one attached hydrogen (secondary N) is 1. The third-order valence-electron chi connectivity index (χ3n) is 7.54. The van der Waals surface area contributed by atoms with Crippen molar-refractivity contribution in [2.45, 2.75) is 66.1 Å². The minimum Gasteiger partial charge on any atom is -0.493 e. The number of benzene rings is 1. The summed E-state index contributed by atoms with van der Waals surface area (Å²) in [6.07, 6.45) is 4.36. The molecule has 0 amide bonds. The molecule has 4 rings (SSSR count). The Balaban J connectivity index is 1.60. The summed E-state index contributed by atoms with van der Waals surface area (Å²) in [4.78, 5) is 24.1. The van der Waals surface area contributed by atoms with E-state index >= 15 is 0 Å². The number of rotatable bonds is 11. The molecule has 10 heteroatoms. The molecule has 0 spiro atoms. The number of aromatic nitrogens is 2. The Morgan fingerprint density at radius 1 is 1.12 bits per heavy atom. The lowest BCUT2D eigenvalue weighted by Gasteiger charge is -2.40. The van der Waals surface area contributed by atoms with Gasteiger partial charge in [0.2, 0.25) is 0 Å². The first kappa shape index (κ1) is 32.0. The molecule has 43 heavy (non-hydrogen) atoms. The highest BCUT2D eigenvalue weighted by atomic mass is 19.1. The van der Waals surface area contributed by atoms with Gasteiger partial charge in [-0.3, -0.25) is 4.98 Å². The van der Waals surface area contributed by atoms with Crippen molar-refractivity contribution in [2.24, 2.45) is 5.41 Å². The van der Waals surface area contributed by atoms with Gasteiger partial charge in [0.1, 0.15) is 18.2 Å². The molecular formula is C33H43FN4O5. The van der Waals surface area contributed by atoms with E-state index in [0.29, 0.717) is 41.7 Å². The summed E-state index contributed by atoms with van der Waals surface area (Å²) in [6.45, 7) is 14.3. The molecule has 232 valence electrons. The molecule has 1 aliphatic rings. The van der Waals surface area contributed by atoms with E-state index in [1.54, 1.807) is 12.4 Å². The topological polar surface area (TPSA) is 106 Å². The van der Waals surface area contributed by atoms with E-state index in [0.717, 1.165) is 42.7 Å². The lowest BCUT2D eigenvalue weighted by Crippen LogP contribution is -2.39. The number of ether oxygens (including phenoxy) is 3. The van der Waals surface area contributed by atoms with Crippen LogP contribution >= 0.6 is 0 Å². The van der Waals surface area contributed by atoms with Gasteiger partial charge in [0.25, 0.3) is 0 Å². The van der Waals surface area contributed by atoms with E-state index < -0.39 is 23.5 Å². The van der Waals surface area contributed by atoms with Crippen molar-refractivity contribution in [1.29, 1.82) is 0 Å². The molecule has 1 fully saturated rings. The number of piperidine rings is 1. The maximum absolute atomic E-state index is 13.4. The van der Waals surface area contributed by atoms with Crippen LogP contribution in [-0.4, -0.2) is 60.0 Å². The van der Waals surface area contributed by atoms with Gasteiger partial charge < -0.3 is 29.5 Å². The highest BCUT2D eigenvalue weighted by Crippen LogP contribution is 2.43. The fourth-order valence-corrected chi connectivity index (χ4v) is 5.15.